The average molecular weight is 458 g/mol. The number of nitrogens with zero attached hydrogens (tertiary/aromatic N) is 2. The zero-order chi connectivity index (χ0) is 24.4. The van der Waals surface area contributed by atoms with Gasteiger partial charge in [-0.2, -0.15) is 0 Å². The van der Waals surface area contributed by atoms with Gasteiger partial charge in [-0.15, -0.1) is 5.11 Å². The molecule has 0 unspecified atom stereocenters. The van der Waals surface area contributed by atoms with Crippen LogP contribution < -0.4 is 10.6 Å². The fourth-order valence-corrected chi connectivity index (χ4v) is 8.73. The molecule has 3 aromatic carbocycles. The summed E-state index contributed by atoms with van der Waals surface area (Å²) in [6, 6.07) is 19.7. The molecule has 3 aromatic rings. The lowest BCUT2D eigenvalue weighted by molar-refractivity contribution is 0.557. The van der Waals surface area contributed by atoms with Crippen molar-refractivity contribution < 1.29 is 0 Å². The summed E-state index contributed by atoms with van der Waals surface area (Å²) in [5.41, 5.74) is 8.61. The molecule has 172 valence electrons. The van der Waals surface area contributed by atoms with Gasteiger partial charge in [0, 0.05) is 0 Å². The molecule has 3 heteroatoms. The second-order valence-corrected chi connectivity index (χ2v) is 13.0. The highest BCUT2D eigenvalue weighted by molar-refractivity contribution is 7.91. The third-order valence-electron chi connectivity index (χ3n) is 5.72. The van der Waals surface area contributed by atoms with E-state index < -0.39 is 7.41 Å². The van der Waals surface area contributed by atoms with Crippen molar-refractivity contribution in [3.05, 3.63) is 99.4 Å². The highest BCUT2D eigenvalue weighted by atomic mass is 31.2. The SMILES string of the molecule is Cc1cc(C)c([P+](/C=C/c2ccccc2)(N=NC(C)(C)C)c2c(C)cc(C)cc2C)c(C)c1. The van der Waals surface area contributed by atoms with E-state index >= 15 is 0 Å². The van der Waals surface area contributed by atoms with Gasteiger partial charge in [-0.1, -0.05) is 65.7 Å². The summed E-state index contributed by atoms with van der Waals surface area (Å²) in [5, 5.41) is 7.57. The molecule has 0 amide bonds. The molecular formula is C30H38N2P+. The smallest absolute Gasteiger partial charge is 0.149 e. The minimum Gasteiger partial charge on any atom is -0.149 e. The molecule has 0 aliphatic heterocycles. The predicted molar refractivity (Wildman–Crippen MR) is 148 cm³/mol. The van der Waals surface area contributed by atoms with Crippen molar-refractivity contribution >= 4 is 24.1 Å². The summed E-state index contributed by atoms with van der Waals surface area (Å²) in [4.78, 5) is 5.33. The monoisotopic (exact) mass is 457 g/mol. The largest absolute Gasteiger partial charge is 0.247 e. The number of benzene rings is 3. The van der Waals surface area contributed by atoms with Crippen LogP contribution in [-0.4, -0.2) is 5.54 Å². The summed E-state index contributed by atoms with van der Waals surface area (Å²) < 4.78 is 0. The van der Waals surface area contributed by atoms with Crippen molar-refractivity contribution in [3.8, 4) is 0 Å². The molecule has 0 saturated carbocycles. The van der Waals surface area contributed by atoms with Gasteiger partial charge in [-0.3, -0.25) is 0 Å². The van der Waals surface area contributed by atoms with Crippen LogP contribution in [-0.2, 0) is 0 Å². The van der Waals surface area contributed by atoms with Crippen molar-refractivity contribution in [1.82, 2.24) is 0 Å². The summed E-state index contributed by atoms with van der Waals surface area (Å²) >= 11 is 0. The van der Waals surface area contributed by atoms with Gasteiger partial charge >= 0.3 is 0 Å². The van der Waals surface area contributed by atoms with Crippen LogP contribution >= 0.6 is 7.41 Å². The lowest BCUT2D eigenvalue weighted by Gasteiger charge is -2.25. The fourth-order valence-electron chi connectivity index (χ4n) is 4.76. The Hall–Kier alpha value is -2.57. The van der Waals surface area contributed by atoms with Crippen molar-refractivity contribution in [1.29, 1.82) is 0 Å². The molecule has 0 atom stereocenters. The molecule has 0 N–H and O–H groups in total. The Labute approximate surface area is 201 Å². The van der Waals surface area contributed by atoms with E-state index in [9.17, 15) is 0 Å². The molecule has 2 nitrogen and oxygen atoms in total. The molecule has 0 aliphatic carbocycles. The third-order valence-corrected chi connectivity index (χ3v) is 9.45. The Morgan fingerprint density at radius 1 is 0.667 bits per heavy atom. The van der Waals surface area contributed by atoms with E-state index in [-0.39, 0.29) is 5.54 Å². The maximum atomic E-state index is 5.33. The van der Waals surface area contributed by atoms with E-state index in [1.165, 1.54) is 49.6 Å². The van der Waals surface area contributed by atoms with Crippen molar-refractivity contribution in [2.45, 2.75) is 67.9 Å². The highest BCUT2D eigenvalue weighted by Gasteiger charge is 2.48. The number of aryl methyl sites for hydroxylation is 6. The fraction of sp³-hybridized carbons (Fsp3) is 0.333. The van der Waals surface area contributed by atoms with Gasteiger partial charge in [-0.25, -0.2) is 0 Å². The van der Waals surface area contributed by atoms with E-state index in [1.54, 1.807) is 0 Å². The molecule has 0 heterocycles. The average Bonchev–Trinajstić information content (AvgIpc) is 2.69. The van der Waals surface area contributed by atoms with Crippen LogP contribution in [0.2, 0.25) is 0 Å². The van der Waals surface area contributed by atoms with Crippen LogP contribution in [0.3, 0.4) is 0 Å². The quantitative estimate of drug-likeness (QED) is 0.272. The highest BCUT2D eigenvalue weighted by Crippen LogP contribution is 2.63. The predicted octanol–water partition coefficient (Wildman–Crippen LogP) is 8.34. The first-order valence-corrected chi connectivity index (χ1v) is 13.5. The van der Waals surface area contributed by atoms with E-state index in [4.69, 9.17) is 10.00 Å². The van der Waals surface area contributed by atoms with Gasteiger partial charge in [0.1, 0.15) is 10.6 Å². The van der Waals surface area contributed by atoms with Crippen molar-refractivity contribution in [3.63, 3.8) is 0 Å². The zero-order valence-electron chi connectivity index (χ0n) is 21.7. The molecular weight excluding hydrogens is 419 g/mol. The lowest BCUT2D eigenvalue weighted by atomic mass is 10.1. The minimum absolute atomic E-state index is 0.259. The van der Waals surface area contributed by atoms with E-state index in [0.29, 0.717) is 0 Å². The molecule has 0 spiro atoms. The molecule has 0 aliphatic rings. The van der Waals surface area contributed by atoms with Crippen LogP contribution in [0.5, 0.6) is 0 Å². The van der Waals surface area contributed by atoms with Crippen LogP contribution in [0.15, 0.2) is 70.4 Å². The lowest BCUT2D eigenvalue weighted by Crippen LogP contribution is -2.28. The topological polar surface area (TPSA) is 24.7 Å². The molecule has 0 aromatic heterocycles. The second-order valence-electron chi connectivity index (χ2n) is 10.3. The maximum absolute atomic E-state index is 5.33. The van der Waals surface area contributed by atoms with Gasteiger partial charge in [-0.05, 0) is 101 Å². The van der Waals surface area contributed by atoms with E-state index in [1.807, 2.05) is 0 Å². The first-order valence-electron chi connectivity index (χ1n) is 11.7. The molecule has 33 heavy (non-hydrogen) atoms. The molecule has 0 bridgehead atoms. The zero-order valence-corrected chi connectivity index (χ0v) is 22.6. The van der Waals surface area contributed by atoms with Gasteiger partial charge in [0.2, 0.25) is 7.41 Å². The van der Waals surface area contributed by atoms with Crippen LogP contribution in [0.4, 0.5) is 0 Å². The molecule has 3 rings (SSSR count). The Morgan fingerprint density at radius 3 is 1.48 bits per heavy atom. The standard InChI is InChI=1S/C30H38N2P/c1-21-17-23(3)28(24(4)18-21)33(32-31-30(7,8)9,16-15-27-13-11-10-12-14-27)29-25(5)19-22(2)20-26(29)6/h10-20H,1-9H3/q+1/b16-15+,32-31?. The van der Waals surface area contributed by atoms with Gasteiger partial charge in [0.25, 0.3) is 0 Å². The first kappa shape index (κ1) is 25.1. The minimum atomic E-state index is -2.38. The summed E-state index contributed by atoms with van der Waals surface area (Å²) in [5.74, 6) is 2.37. The first-order chi connectivity index (χ1) is 15.4. The van der Waals surface area contributed by atoms with E-state index in [2.05, 4.69) is 129 Å². The Balaban J connectivity index is 2.48. The Morgan fingerprint density at radius 2 is 1.09 bits per heavy atom. The van der Waals surface area contributed by atoms with Gasteiger partial charge in [0.05, 0.1) is 11.4 Å². The summed E-state index contributed by atoms with van der Waals surface area (Å²) in [6.07, 6.45) is 2.24. The number of rotatable bonds is 5. The molecule has 0 radical (unpaired) electrons. The van der Waals surface area contributed by atoms with Crippen LogP contribution in [0, 0.1) is 41.5 Å². The van der Waals surface area contributed by atoms with Crippen LogP contribution in [0.25, 0.3) is 6.08 Å². The van der Waals surface area contributed by atoms with Crippen LogP contribution in [0.1, 0.15) is 59.7 Å². The van der Waals surface area contributed by atoms with E-state index in [0.717, 1.165) is 0 Å². The maximum Gasteiger partial charge on any atom is 0.247 e. The Bertz CT molecular complexity index is 1090. The number of hydrogen-bond acceptors (Lipinski definition) is 2. The Kier molecular flexibility index (Phi) is 7.39. The number of hydrogen-bond donors (Lipinski definition) is 0. The van der Waals surface area contributed by atoms with Gasteiger partial charge < -0.3 is 0 Å². The second kappa shape index (κ2) is 9.74. The molecule has 0 saturated heterocycles. The molecule has 0 fully saturated rings. The van der Waals surface area contributed by atoms with Gasteiger partial charge in [0.15, 0.2) is 0 Å². The summed E-state index contributed by atoms with van der Waals surface area (Å²) in [7, 11) is -2.38. The summed E-state index contributed by atoms with van der Waals surface area (Å²) in [6.45, 7) is 19.6. The third kappa shape index (κ3) is 5.68. The van der Waals surface area contributed by atoms with Crippen molar-refractivity contribution in [2.24, 2.45) is 10.00 Å². The van der Waals surface area contributed by atoms with Crippen molar-refractivity contribution in [2.75, 3.05) is 0 Å². The normalized spacial score (nSPS) is 12.8.